The van der Waals surface area contributed by atoms with Gasteiger partial charge in [0.15, 0.2) is 0 Å². The molecule has 0 radical (unpaired) electrons. The molecule has 0 aliphatic rings. The van der Waals surface area contributed by atoms with Gasteiger partial charge in [0.25, 0.3) is 0 Å². The SMILES string of the molecule is COC(=O)c1cnc2ccccc2c1-c1cccc(OC(F)(F)F)c1. The summed E-state index contributed by atoms with van der Waals surface area (Å²) in [6.45, 7) is 0. The van der Waals surface area contributed by atoms with E-state index in [1.807, 2.05) is 0 Å². The molecule has 0 aliphatic heterocycles. The second kappa shape index (κ2) is 6.43. The van der Waals surface area contributed by atoms with Crippen molar-refractivity contribution < 1.29 is 27.4 Å². The second-order valence-electron chi connectivity index (χ2n) is 5.13. The van der Waals surface area contributed by atoms with Gasteiger partial charge in [0.05, 0.1) is 18.2 Å². The fourth-order valence-electron chi connectivity index (χ4n) is 2.57. The van der Waals surface area contributed by atoms with Crippen LogP contribution in [0.5, 0.6) is 5.75 Å². The number of carbonyl (C=O) groups excluding carboxylic acids is 1. The highest BCUT2D eigenvalue weighted by Crippen LogP contribution is 2.34. The number of halogens is 3. The third kappa shape index (κ3) is 3.55. The fourth-order valence-corrected chi connectivity index (χ4v) is 2.57. The highest BCUT2D eigenvalue weighted by molar-refractivity contribution is 6.06. The molecule has 0 spiro atoms. The Morgan fingerprint density at radius 3 is 2.56 bits per heavy atom. The Balaban J connectivity index is 2.23. The normalized spacial score (nSPS) is 11.4. The monoisotopic (exact) mass is 347 g/mol. The van der Waals surface area contributed by atoms with Crippen LogP contribution in [-0.2, 0) is 4.74 Å². The van der Waals surface area contributed by atoms with E-state index in [4.69, 9.17) is 4.74 Å². The molecule has 0 saturated carbocycles. The predicted octanol–water partition coefficient (Wildman–Crippen LogP) is 4.59. The molecule has 7 heteroatoms. The summed E-state index contributed by atoms with van der Waals surface area (Å²) in [5, 5.41) is 0.620. The Kier molecular flexibility index (Phi) is 4.31. The van der Waals surface area contributed by atoms with Gasteiger partial charge in [0.1, 0.15) is 5.75 Å². The maximum absolute atomic E-state index is 12.5. The summed E-state index contributed by atoms with van der Waals surface area (Å²) >= 11 is 0. The van der Waals surface area contributed by atoms with Crippen LogP contribution in [0.25, 0.3) is 22.0 Å². The number of aromatic nitrogens is 1. The first-order valence-electron chi connectivity index (χ1n) is 7.21. The lowest BCUT2D eigenvalue weighted by atomic mass is 9.96. The Bertz CT molecular complexity index is 938. The van der Waals surface area contributed by atoms with Gasteiger partial charge in [-0.05, 0) is 23.8 Å². The third-order valence-electron chi connectivity index (χ3n) is 3.54. The first-order valence-corrected chi connectivity index (χ1v) is 7.21. The van der Waals surface area contributed by atoms with Crippen LogP contribution in [0.3, 0.4) is 0 Å². The van der Waals surface area contributed by atoms with E-state index in [1.165, 1.54) is 31.5 Å². The van der Waals surface area contributed by atoms with E-state index in [9.17, 15) is 18.0 Å². The van der Waals surface area contributed by atoms with Crippen molar-refractivity contribution >= 4 is 16.9 Å². The van der Waals surface area contributed by atoms with Crippen LogP contribution >= 0.6 is 0 Å². The molecule has 3 aromatic rings. The van der Waals surface area contributed by atoms with Gasteiger partial charge in [-0.1, -0.05) is 30.3 Å². The van der Waals surface area contributed by atoms with Gasteiger partial charge in [-0.15, -0.1) is 13.2 Å². The van der Waals surface area contributed by atoms with E-state index in [0.29, 0.717) is 22.0 Å². The van der Waals surface area contributed by atoms with Crippen LogP contribution in [0.4, 0.5) is 13.2 Å². The molecule has 0 amide bonds. The summed E-state index contributed by atoms with van der Waals surface area (Å²) in [5.74, 6) is -1.00. The van der Waals surface area contributed by atoms with Crippen LogP contribution in [0, 0.1) is 0 Å². The number of esters is 1. The van der Waals surface area contributed by atoms with Crippen molar-refractivity contribution in [2.24, 2.45) is 0 Å². The van der Waals surface area contributed by atoms with Crippen molar-refractivity contribution in [1.29, 1.82) is 0 Å². The number of ether oxygens (including phenoxy) is 2. The number of nitrogens with zero attached hydrogens (tertiary/aromatic N) is 1. The molecule has 1 heterocycles. The van der Waals surface area contributed by atoms with Crippen LogP contribution in [0.1, 0.15) is 10.4 Å². The lowest BCUT2D eigenvalue weighted by Gasteiger charge is -2.14. The smallest absolute Gasteiger partial charge is 0.465 e. The molecule has 0 atom stereocenters. The van der Waals surface area contributed by atoms with Gasteiger partial charge in [0, 0.05) is 17.1 Å². The summed E-state index contributed by atoms with van der Waals surface area (Å²) < 4.78 is 46.2. The van der Waals surface area contributed by atoms with Crippen molar-refractivity contribution in [3.63, 3.8) is 0 Å². The Labute approximate surface area is 140 Å². The van der Waals surface area contributed by atoms with Gasteiger partial charge in [0.2, 0.25) is 0 Å². The maximum Gasteiger partial charge on any atom is 0.573 e. The van der Waals surface area contributed by atoms with Crippen molar-refractivity contribution in [3.05, 3.63) is 60.3 Å². The standard InChI is InChI=1S/C18H12F3NO3/c1-24-17(23)14-10-22-15-8-3-2-7-13(15)16(14)11-5-4-6-12(9-11)25-18(19,20)21/h2-10H,1H3. The number of hydrogen-bond donors (Lipinski definition) is 0. The lowest BCUT2D eigenvalue weighted by Crippen LogP contribution is -2.17. The molecule has 1 aromatic heterocycles. The van der Waals surface area contributed by atoms with E-state index >= 15 is 0 Å². The lowest BCUT2D eigenvalue weighted by molar-refractivity contribution is -0.274. The molecule has 0 N–H and O–H groups in total. The summed E-state index contributed by atoms with van der Waals surface area (Å²) in [6.07, 6.45) is -3.45. The number of alkyl halides is 3. The average molecular weight is 347 g/mol. The molecular formula is C18H12F3NO3. The maximum atomic E-state index is 12.5. The van der Waals surface area contributed by atoms with Crippen molar-refractivity contribution in [3.8, 4) is 16.9 Å². The summed E-state index contributed by atoms with van der Waals surface area (Å²) in [5.41, 5.74) is 1.59. The number of hydrogen-bond acceptors (Lipinski definition) is 4. The first kappa shape index (κ1) is 16.8. The fraction of sp³-hybridized carbons (Fsp3) is 0.111. The molecule has 0 saturated heterocycles. The van der Waals surface area contributed by atoms with Crippen LogP contribution < -0.4 is 4.74 Å². The van der Waals surface area contributed by atoms with Crippen molar-refractivity contribution in [2.75, 3.05) is 7.11 Å². The van der Waals surface area contributed by atoms with Gasteiger partial charge in [-0.2, -0.15) is 0 Å². The van der Waals surface area contributed by atoms with E-state index < -0.39 is 12.3 Å². The van der Waals surface area contributed by atoms with E-state index in [-0.39, 0.29) is 11.3 Å². The molecule has 0 fully saturated rings. The van der Waals surface area contributed by atoms with Crippen molar-refractivity contribution in [1.82, 2.24) is 4.98 Å². The summed E-state index contributed by atoms with van der Waals surface area (Å²) in [6, 6.07) is 12.5. The van der Waals surface area contributed by atoms with Gasteiger partial charge in [-0.3, -0.25) is 4.98 Å². The molecule has 128 valence electrons. The Morgan fingerprint density at radius 1 is 1.08 bits per heavy atom. The molecule has 0 unspecified atom stereocenters. The zero-order valence-corrected chi connectivity index (χ0v) is 13.0. The number of methoxy groups -OCH3 is 1. The van der Waals surface area contributed by atoms with Gasteiger partial charge >= 0.3 is 12.3 Å². The van der Waals surface area contributed by atoms with Gasteiger partial charge in [-0.25, -0.2) is 4.79 Å². The molecular weight excluding hydrogens is 335 g/mol. The second-order valence-corrected chi connectivity index (χ2v) is 5.13. The quantitative estimate of drug-likeness (QED) is 0.651. The number of rotatable bonds is 3. The number of pyridine rings is 1. The van der Waals surface area contributed by atoms with E-state index in [0.717, 1.165) is 0 Å². The number of para-hydroxylation sites is 1. The molecule has 3 rings (SSSR count). The van der Waals surface area contributed by atoms with Crippen LogP contribution in [-0.4, -0.2) is 24.4 Å². The van der Waals surface area contributed by atoms with E-state index in [2.05, 4.69) is 9.72 Å². The number of fused-ring (bicyclic) bond motifs is 1. The third-order valence-corrected chi connectivity index (χ3v) is 3.54. The zero-order valence-electron chi connectivity index (χ0n) is 13.0. The molecule has 25 heavy (non-hydrogen) atoms. The highest BCUT2D eigenvalue weighted by atomic mass is 19.4. The largest absolute Gasteiger partial charge is 0.573 e. The topological polar surface area (TPSA) is 48.4 Å². The molecule has 2 aromatic carbocycles. The molecule has 0 aliphatic carbocycles. The number of benzene rings is 2. The summed E-state index contributed by atoms with van der Waals surface area (Å²) in [7, 11) is 1.23. The minimum Gasteiger partial charge on any atom is -0.465 e. The van der Waals surface area contributed by atoms with Crippen molar-refractivity contribution in [2.45, 2.75) is 6.36 Å². The Hall–Kier alpha value is -3.09. The minimum atomic E-state index is -4.80. The summed E-state index contributed by atoms with van der Waals surface area (Å²) in [4.78, 5) is 16.3. The van der Waals surface area contributed by atoms with E-state index in [1.54, 1.807) is 30.3 Å². The first-order chi connectivity index (χ1) is 11.9. The Morgan fingerprint density at radius 2 is 1.84 bits per heavy atom. The predicted molar refractivity (Wildman–Crippen MR) is 85.2 cm³/mol. The molecule has 0 bridgehead atoms. The number of carbonyl (C=O) groups is 1. The van der Waals surface area contributed by atoms with Crippen LogP contribution in [0.15, 0.2) is 54.7 Å². The van der Waals surface area contributed by atoms with Gasteiger partial charge < -0.3 is 9.47 Å². The zero-order chi connectivity index (χ0) is 18.0. The van der Waals surface area contributed by atoms with Crippen LogP contribution in [0.2, 0.25) is 0 Å². The average Bonchev–Trinajstić information content (AvgIpc) is 2.58. The minimum absolute atomic E-state index is 0.158. The highest BCUT2D eigenvalue weighted by Gasteiger charge is 2.31. The molecule has 4 nitrogen and oxygen atoms in total.